The molecule has 0 fully saturated rings. The van der Waals surface area contributed by atoms with Gasteiger partial charge in [-0.3, -0.25) is 9.59 Å². The fraction of sp³-hybridized carbons (Fsp3) is 0.364. The van der Waals surface area contributed by atoms with Gasteiger partial charge in [-0.25, -0.2) is 4.79 Å². The predicted octanol–water partition coefficient (Wildman–Crippen LogP) is 7.40. The SMILES string of the molecule is CCCCCCOCCC(=O)Oc1ccc(-c2ccc(C(=O)Oc3ccc(C(=O)C(C)CC)cc3O)cc2)cc1. The van der Waals surface area contributed by atoms with Crippen molar-refractivity contribution in [2.24, 2.45) is 5.92 Å². The Morgan fingerprint density at radius 3 is 2.05 bits per heavy atom. The van der Waals surface area contributed by atoms with E-state index in [-0.39, 0.29) is 35.6 Å². The summed E-state index contributed by atoms with van der Waals surface area (Å²) < 4.78 is 16.2. The van der Waals surface area contributed by atoms with Gasteiger partial charge in [0.1, 0.15) is 5.75 Å². The molecule has 3 aromatic rings. The Labute approximate surface area is 236 Å². The lowest BCUT2D eigenvalue weighted by Crippen LogP contribution is -2.11. The molecule has 3 rings (SSSR count). The van der Waals surface area contributed by atoms with Gasteiger partial charge in [0.05, 0.1) is 18.6 Å². The maximum Gasteiger partial charge on any atom is 0.343 e. The maximum absolute atomic E-state index is 12.6. The minimum absolute atomic E-state index is 0.0153. The van der Waals surface area contributed by atoms with Gasteiger partial charge in [0.2, 0.25) is 0 Å². The molecule has 0 amide bonds. The zero-order chi connectivity index (χ0) is 28.9. The molecule has 0 spiro atoms. The highest BCUT2D eigenvalue weighted by Crippen LogP contribution is 2.29. The number of phenols is 1. The Bertz CT molecular complexity index is 1260. The number of rotatable bonds is 15. The van der Waals surface area contributed by atoms with E-state index in [2.05, 4.69) is 6.92 Å². The molecule has 7 nitrogen and oxygen atoms in total. The van der Waals surface area contributed by atoms with Crippen LogP contribution in [0.3, 0.4) is 0 Å². The van der Waals surface area contributed by atoms with E-state index in [1.54, 1.807) is 42.5 Å². The van der Waals surface area contributed by atoms with E-state index in [1.165, 1.54) is 25.0 Å². The van der Waals surface area contributed by atoms with Crippen LogP contribution in [0.5, 0.6) is 17.2 Å². The predicted molar refractivity (Wildman–Crippen MR) is 154 cm³/mol. The zero-order valence-electron chi connectivity index (χ0n) is 23.5. The number of carbonyl (C=O) groups is 3. The van der Waals surface area contributed by atoms with Crippen molar-refractivity contribution >= 4 is 17.7 Å². The third-order valence-electron chi connectivity index (χ3n) is 6.64. The molecule has 0 aliphatic rings. The summed E-state index contributed by atoms with van der Waals surface area (Å²) in [5.74, 6) is -1.04. The van der Waals surface area contributed by atoms with Crippen LogP contribution in [0.1, 0.15) is 80.0 Å². The Hall–Kier alpha value is -3.97. The van der Waals surface area contributed by atoms with Crippen LogP contribution in [0.15, 0.2) is 66.7 Å². The first-order chi connectivity index (χ1) is 19.3. The number of ether oxygens (including phenoxy) is 3. The van der Waals surface area contributed by atoms with Crippen molar-refractivity contribution < 1.29 is 33.7 Å². The molecule has 7 heteroatoms. The van der Waals surface area contributed by atoms with Crippen LogP contribution >= 0.6 is 0 Å². The fourth-order valence-corrected chi connectivity index (χ4v) is 3.97. The number of hydrogen-bond acceptors (Lipinski definition) is 7. The molecular formula is C33H38O7. The monoisotopic (exact) mass is 546 g/mol. The average molecular weight is 547 g/mol. The summed E-state index contributed by atoms with van der Waals surface area (Å²) in [5.41, 5.74) is 2.43. The molecule has 40 heavy (non-hydrogen) atoms. The minimum atomic E-state index is -0.630. The molecule has 1 N–H and O–H groups in total. The van der Waals surface area contributed by atoms with Gasteiger partial charge in [0.15, 0.2) is 17.3 Å². The van der Waals surface area contributed by atoms with Gasteiger partial charge in [-0.05, 0) is 66.4 Å². The number of phenolic OH excluding ortho intramolecular Hbond substituents is 1. The van der Waals surface area contributed by atoms with Crippen molar-refractivity contribution in [3.63, 3.8) is 0 Å². The van der Waals surface area contributed by atoms with E-state index in [1.807, 2.05) is 26.0 Å². The Morgan fingerprint density at radius 1 is 0.775 bits per heavy atom. The number of esters is 2. The number of unbranched alkanes of at least 4 members (excludes halogenated alkanes) is 3. The van der Waals surface area contributed by atoms with Gasteiger partial charge < -0.3 is 19.3 Å². The van der Waals surface area contributed by atoms with Crippen molar-refractivity contribution in [1.29, 1.82) is 0 Å². The smallest absolute Gasteiger partial charge is 0.343 e. The summed E-state index contributed by atoms with van der Waals surface area (Å²) >= 11 is 0. The molecular weight excluding hydrogens is 508 g/mol. The van der Waals surface area contributed by atoms with E-state index < -0.39 is 5.97 Å². The third-order valence-corrected chi connectivity index (χ3v) is 6.64. The number of hydrogen-bond donors (Lipinski definition) is 1. The highest BCUT2D eigenvalue weighted by atomic mass is 16.5. The van der Waals surface area contributed by atoms with Crippen molar-refractivity contribution in [3.05, 3.63) is 77.9 Å². The summed E-state index contributed by atoms with van der Waals surface area (Å²) in [6, 6.07) is 18.2. The van der Waals surface area contributed by atoms with E-state index in [4.69, 9.17) is 14.2 Å². The molecule has 1 atom stereocenters. The lowest BCUT2D eigenvalue weighted by Gasteiger charge is -2.11. The molecule has 3 aromatic carbocycles. The highest BCUT2D eigenvalue weighted by molar-refractivity contribution is 5.98. The van der Waals surface area contributed by atoms with Crippen LogP contribution in [-0.2, 0) is 9.53 Å². The molecule has 0 saturated heterocycles. The normalized spacial score (nSPS) is 11.6. The Balaban J connectivity index is 1.51. The number of Topliss-reactive ketones (excluding diaryl/α,β-unsaturated/α-hetero) is 1. The molecule has 0 saturated carbocycles. The Morgan fingerprint density at radius 2 is 1.43 bits per heavy atom. The van der Waals surface area contributed by atoms with Crippen LogP contribution in [0.25, 0.3) is 11.1 Å². The Kier molecular flexibility index (Phi) is 11.9. The first-order valence-corrected chi connectivity index (χ1v) is 13.9. The van der Waals surface area contributed by atoms with Gasteiger partial charge in [0.25, 0.3) is 0 Å². The van der Waals surface area contributed by atoms with Crippen LogP contribution in [-0.4, -0.2) is 36.0 Å². The summed E-state index contributed by atoms with van der Waals surface area (Å²) in [5, 5.41) is 10.3. The second-order valence-electron chi connectivity index (χ2n) is 9.74. The summed E-state index contributed by atoms with van der Waals surface area (Å²) in [6.07, 6.45) is 5.41. The number of benzene rings is 3. The quantitative estimate of drug-likeness (QED) is 0.0917. The van der Waals surface area contributed by atoms with Crippen LogP contribution in [0.2, 0.25) is 0 Å². The minimum Gasteiger partial charge on any atom is -0.504 e. The molecule has 0 bridgehead atoms. The van der Waals surface area contributed by atoms with Crippen molar-refractivity contribution in [2.45, 2.75) is 59.3 Å². The lowest BCUT2D eigenvalue weighted by molar-refractivity contribution is -0.135. The topological polar surface area (TPSA) is 99.1 Å². The van der Waals surface area contributed by atoms with E-state index in [9.17, 15) is 19.5 Å². The van der Waals surface area contributed by atoms with Crippen LogP contribution < -0.4 is 9.47 Å². The zero-order valence-corrected chi connectivity index (χ0v) is 23.5. The van der Waals surface area contributed by atoms with Gasteiger partial charge in [-0.1, -0.05) is 64.3 Å². The summed E-state index contributed by atoms with van der Waals surface area (Å²) in [7, 11) is 0. The van der Waals surface area contributed by atoms with Crippen molar-refractivity contribution in [2.75, 3.05) is 13.2 Å². The average Bonchev–Trinajstić information content (AvgIpc) is 2.97. The van der Waals surface area contributed by atoms with E-state index >= 15 is 0 Å². The standard InChI is InChI=1S/C33H38O7/c1-4-6-7-8-20-38-21-19-31(35)39-28-16-13-25(14-17-28)24-9-11-26(12-10-24)33(37)40-30-18-15-27(22-29(30)34)32(36)23(3)5-2/h9-18,22-23,34H,4-8,19-21H2,1-3H3. The van der Waals surface area contributed by atoms with E-state index in [0.717, 1.165) is 24.0 Å². The highest BCUT2D eigenvalue weighted by Gasteiger charge is 2.17. The fourth-order valence-electron chi connectivity index (χ4n) is 3.97. The molecule has 0 aliphatic heterocycles. The molecule has 212 valence electrons. The largest absolute Gasteiger partial charge is 0.504 e. The van der Waals surface area contributed by atoms with Crippen molar-refractivity contribution in [3.8, 4) is 28.4 Å². The van der Waals surface area contributed by atoms with Crippen molar-refractivity contribution in [1.82, 2.24) is 0 Å². The first-order valence-electron chi connectivity index (χ1n) is 13.9. The molecule has 0 radical (unpaired) electrons. The second kappa shape index (κ2) is 15.6. The first kappa shape index (κ1) is 30.6. The van der Waals surface area contributed by atoms with E-state index in [0.29, 0.717) is 36.5 Å². The third kappa shape index (κ3) is 9.06. The molecule has 0 aromatic heterocycles. The summed E-state index contributed by atoms with van der Waals surface area (Å²) in [4.78, 5) is 37.0. The van der Waals surface area contributed by atoms with Gasteiger partial charge in [-0.15, -0.1) is 0 Å². The number of ketones is 1. The van der Waals surface area contributed by atoms with Crippen LogP contribution in [0, 0.1) is 5.92 Å². The molecule has 1 unspecified atom stereocenters. The lowest BCUT2D eigenvalue weighted by atomic mass is 9.97. The second-order valence-corrected chi connectivity index (χ2v) is 9.74. The summed E-state index contributed by atoms with van der Waals surface area (Å²) in [6.45, 7) is 6.92. The molecule has 0 heterocycles. The number of aromatic hydroxyl groups is 1. The van der Waals surface area contributed by atoms with Gasteiger partial charge in [-0.2, -0.15) is 0 Å². The number of carbonyl (C=O) groups excluding carboxylic acids is 3. The van der Waals surface area contributed by atoms with Gasteiger partial charge >= 0.3 is 11.9 Å². The maximum atomic E-state index is 12.6. The molecule has 0 aliphatic carbocycles. The van der Waals surface area contributed by atoms with Gasteiger partial charge in [0, 0.05) is 18.1 Å². The van der Waals surface area contributed by atoms with Crippen LogP contribution in [0.4, 0.5) is 0 Å².